The minimum Gasteiger partial charge on any atom is -0.384 e. The van der Waals surface area contributed by atoms with Crippen LogP contribution in [0.1, 0.15) is 11.5 Å². The number of pyridine rings is 1. The Bertz CT molecular complexity index is 612. The van der Waals surface area contributed by atoms with E-state index in [9.17, 15) is 4.79 Å². The second-order valence-electron chi connectivity index (χ2n) is 4.37. The van der Waals surface area contributed by atoms with Crippen LogP contribution in [0.15, 0.2) is 47.1 Å². The quantitative estimate of drug-likeness (QED) is 0.895. The molecule has 0 bridgehead atoms. The fraction of sp³-hybridized carbons (Fsp3) is 0.143. The minimum absolute atomic E-state index is 0.0349. The highest BCUT2D eigenvalue weighted by Gasteiger charge is 2.28. The zero-order valence-corrected chi connectivity index (χ0v) is 11.6. The zero-order valence-electron chi connectivity index (χ0n) is 10.1. The van der Waals surface area contributed by atoms with Crippen LogP contribution in [0.4, 0.5) is 11.5 Å². The van der Waals surface area contributed by atoms with Gasteiger partial charge in [-0.15, -0.1) is 0 Å². The van der Waals surface area contributed by atoms with Crippen LogP contribution in [-0.2, 0) is 4.79 Å². The molecule has 1 atom stereocenters. The fourth-order valence-electron chi connectivity index (χ4n) is 2.18. The number of carbonyl (C=O) groups excluding carboxylic acids is 1. The molecule has 2 aromatic rings. The summed E-state index contributed by atoms with van der Waals surface area (Å²) in [7, 11) is 0. The normalized spacial score (nSPS) is 16.6. The molecule has 0 fully saturated rings. The molecular weight excluding hydrogens is 306 g/mol. The van der Waals surface area contributed by atoms with E-state index >= 15 is 0 Å². The summed E-state index contributed by atoms with van der Waals surface area (Å²) in [6, 6.07) is 11.5. The van der Waals surface area contributed by atoms with Gasteiger partial charge in [0.1, 0.15) is 5.82 Å². The van der Waals surface area contributed by atoms with Crippen LogP contribution in [0.2, 0.25) is 0 Å². The third kappa shape index (κ3) is 2.46. The minimum atomic E-state index is -0.165. The third-order valence-electron chi connectivity index (χ3n) is 3.13. The average molecular weight is 318 g/mol. The van der Waals surface area contributed by atoms with E-state index in [0.29, 0.717) is 12.4 Å². The highest BCUT2D eigenvalue weighted by Crippen LogP contribution is 2.31. The van der Waals surface area contributed by atoms with Gasteiger partial charge in [-0.3, -0.25) is 4.79 Å². The van der Waals surface area contributed by atoms with Crippen LogP contribution in [0.5, 0.6) is 0 Å². The molecule has 1 amide bonds. The molecule has 5 heteroatoms. The van der Waals surface area contributed by atoms with Crippen LogP contribution in [-0.4, -0.2) is 17.4 Å². The number of hydrogen-bond donors (Lipinski definition) is 2. The third-order valence-corrected chi connectivity index (χ3v) is 3.60. The smallest absolute Gasteiger partial charge is 0.234 e. The van der Waals surface area contributed by atoms with Gasteiger partial charge >= 0.3 is 0 Å². The van der Waals surface area contributed by atoms with Gasteiger partial charge < -0.3 is 10.6 Å². The molecule has 4 nitrogen and oxygen atoms in total. The Morgan fingerprint density at radius 1 is 1.32 bits per heavy atom. The second-order valence-corrected chi connectivity index (χ2v) is 5.29. The number of amides is 1. The summed E-state index contributed by atoms with van der Waals surface area (Å²) in [5.74, 6) is 0.367. The first kappa shape index (κ1) is 12.2. The Morgan fingerprint density at radius 2 is 2.16 bits per heavy atom. The topological polar surface area (TPSA) is 54.0 Å². The van der Waals surface area contributed by atoms with E-state index in [4.69, 9.17) is 0 Å². The van der Waals surface area contributed by atoms with E-state index in [1.165, 1.54) is 0 Å². The van der Waals surface area contributed by atoms with Gasteiger partial charge in [0, 0.05) is 22.9 Å². The first-order valence-electron chi connectivity index (χ1n) is 5.99. The first-order chi connectivity index (χ1) is 9.24. The summed E-state index contributed by atoms with van der Waals surface area (Å²) in [5, 5.41) is 6.08. The average Bonchev–Trinajstić information content (AvgIpc) is 2.85. The molecule has 1 aromatic heterocycles. The van der Waals surface area contributed by atoms with E-state index in [2.05, 4.69) is 31.5 Å². The maximum atomic E-state index is 12.3. The fourth-order valence-corrected chi connectivity index (χ4v) is 2.42. The summed E-state index contributed by atoms with van der Waals surface area (Å²) in [6.45, 7) is 0.627. The Hall–Kier alpha value is -1.88. The standard InChI is InChI=1S/C14H12BrN3O/c15-9-5-6-13(17-7-9)18-14(19)11-8-16-12-4-2-1-3-10(11)12/h1-7,11,16H,8H2,(H,17,18,19). The molecule has 0 saturated heterocycles. The van der Waals surface area contributed by atoms with Crippen molar-refractivity contribution >= 4 is 33.3 Å². The van der Waals surface area contributed by atoms with Crippen LogP contribution >= 0.6 is 15.9 Å². The highest BCUT2D eigenvalue weighted by atomic mass is 79.9. The van der Waals surface area contributed by atoms with Crippen molar-refractivity contribution in [3.63, 3.8) is 0 Å². The van der Waals surface area contributed by atoms with Crippen LogP contribution < -0.4 is 10.6 Å². The zero-order chi connectivity index (χ0) is 13.2. The van der Waals surface area contributed by atoms with E-state index in [1.807, 2.05) is 30.3 Å². The van der Waals surface area contributed by atoms with Crippen molar-refractivity contribution in [3.8, 4) is 0 Å². The van der Waals surface area contributed by atoms with Crippen LogP contribution in [0.3, 0.4) is 0 Å². The number of aromatic nitrogens is 1. The maximum absolute atomic E-state index is 12.3. The first-order valence-corrected chi connectivity index (χ1v) is 6.78. The number of fused-ring (bicyclic) bond motifs is 1. The number of para-hydroxylation sites is 1. The monoisotopic (exact) mass is 317 g/mol. The van der Waals surface area contributed by atoms with Crippen molar-refractivity contribution < 1.29 is 4.79 Å². The Morgan fingerprint density at radius 3 is 2.95 bits per heavy atom. The summed E-state index contributed by atoms with van der Waals surface area (Å²) < 4.78 is 0.887. The molecule has 3 rings (SSSR count). The lowest BCUT2D eigenvalue weighted by molar-refractivity contribution is -0.117. The summed E-state index contributed by atoms with van der Waals surface area (Å²) in [5.41, 5.74) is 2.07. The largest absolute Gasteiger partial charge is 0.384 e. The molecule has 2 N–H and O–H groups in total. The van der Waals surface area contributed by atoms with Gasteiger partial charge in [-0.25, -0.2) is 4.98 Å². The number of anilines is 2. The van der Waals surface area contributed by atoms with Gasteiger partial charge in [-0.2, -0.15) is 0 Å². The van der Waals surface area contributed by atoms with Gasteiger partial charge in [-0.05, 0) is 39.7 Å². The molecule has 2 heterocycles. The highest BCUT2D eigenvalue weighted by molar-refractivity contribution is 9.10. The molecular formula is C14H12BrN3O. The number of carbonyl (C=O) groups is 1. The van der Waals surface area contributed by atoms with Crippen LogP contribution in [0, 0.1) is 0 Å². The number of benzene rings is 1. The van der Waals surface area contributed by atoms with Gasteiger partial charge in [0.05, 0.1) is 5.92 Å². The molecule has 1 aliphatic heterocycles. The molecule has 0 aliphatic carbocycles. The van der Waals surface area contributed by atoms with Gasteiger partial charge in [0.2, 0.25) is 5.91 Å². The van der Waals surface area contributed by atoms with Gasteiger partial charge in [-0.1, -0.05) is 18.2 Å². The molecule has 0 saturated carbocycles. The van der Waals surface area contributed by atoms with Gasteiger partial charge in [0.15, 0.2) is 0 Å². The van der Waals surface area contributed by atoms with E-state index in [-0.39, 0.29) is 11.8 Å². The number of halogens is 1. The van der Waals surface area contributed by atoms with E-state index < -0.39 is 0 Å². The molecule has 19 heavy (non-hydrogen) atoms. The number of rotatable bonds is 2. The van der Waals surface area contributed by atoms with Crippen molar-refractivity contribution in [3.05, 3.63) is 52.6 Å². The Kier molecular flexibility index (Phi) is 3.21. The van der Waals surface area contributed by atoms with E-state index in [1.54, 1.807) is 12.3 Å². The summed E-state index contributed by atoms with van der Waals surface area (Å²) >= 11 is 3.31. The Labute approximate surface area is 119 Å². The maximum Gasteiger partial charge on any atom is 0.234 e. The lowest BCUT2D eigenvalue weighted by Gasteiger charge is -2.10. The predicted octanol–water partition coefficient (Wildman–Crippen LogP) is 2.99. The SMILES string of the molecule is O=C(Nc1ccc(Br)cn1)C1CNc2ccccc21. The molecule has 0 spiro atoms. The van der Waals surface area contributed by atoms with Crippen molar-refractivity contribution in [2.24, 2.45) is 0 Å². The lowest BCUT2D eigenvalue weighted by atomic mass is 10.0. The second kappa shape index (κ2) is 5.01. The molecule has 0 radical (unpaired) electrons. The molecule has 1 aliphatic rings. The van der Waals surface area contributed by atoms with Gasteiger partial charge in [0.25, 0.3) is 0 Å². The lowest BCUT2D eigenvalue weighted by Crippen LogP contribution is -2.22. The number of nitrogens with zero attached hydrogens (tertiary/aromatic N) is 1. The predicted molar refractivity (Wildman–Crippen MR) is 78.2 cm³/mol. The number of nitrogens with one attached hydrogen (secondary N) is 2. The van der Waals surface area contributed by atoms with Crippen molar-refractivity contribution in [2.75, 3.05) is 17.2 Å². The van der Waals surface area contributed by atoms with Crippen molar-refractivity contribution in [1.29, 1.82) is 0 Å². The number of hydrogen-bond acceptors (Lipinski definition) is 3. The summed E-state index contributed by atoms with van der Waals surface area (Å²) in [4.78, 5) is 16.4. The molecule has 96 valence electrons. The molecule has 1 aromatic carbocycles. The van der Waals surface area contributed by atoms with Crippen molar-refractivity contribution in [2.45, 2.75) is 5.92 Å². The Balaban J connectivity index is 1.77. The van der Waals surface area contributed by atoms with Crippen molar-refractivity contribution in [1.82, 2.24) is 4.98 Å². The van der Waals surface area contributed by atoms with E-state index in [0.717, 1.165) is 15.7 Å². The summed E-state index contributed by atoms with van der Waals surface area (Å²) in [6.07, 6.45) is 1.66. The molecule has 1 unspecified atom stereocenters. The van der Waals surface area contributed by atoms with Crippen LogP contribution in [0.25, 0.3) is 0 Å².